The van der Waals surface area contributed by atoms with Crippen LogP contribution in [-0.4, -0.2) is 28.9 Å². The number of furan rings is 1. The summed E-state index contributed by atoms with van der Waals surface area (Å²) in [7, 11) is 1.50. The molecule has 7 nitrogen and oxygen atoms in total. The molecule has 9 heteroatoms. The maximum absolute atomic E-state index is 13.7. The highest BCUT2D eigenvalue weighted by Crippen LogP contribution is 2.44. The summed E-state index contributed by atoms with van der Waals surface area (Å²) >= 11 is 1.09. The van der Waals surface area contributed by atoms with E-state index < -0.39 is 29.3 Å². The Bertz CT molecular complexity index is 1450. The number of amides is 1. The quantitative estimate of drug-likeness (QED) is 0.412. The molecule has 33 heavy (non-hydrogen) atoms. The molecule has 0 bridgehead atoms. The first-order valence-electron chi connectivity index (χ1n) is 9.95. The van der Waals surface area contributed by atoms with Gasteiger partial charge in [-0.3, -0.25) is 14.5 Å². The highest BCUT2D eigenvalue weighted by Gasteiger charge is 2.46. The van der Waals surface area contributed by atoms with Crippen molar-refractivity contribution in [3.05, 3.63) is 88.8 Å². The molecular weight excluding hydrogens is 447 g/mol. The van der Waals surface area contributed by atoms with Crippen molar-refractivity contribution in [1.82, 2.24) is 4.98 Å². The van der Waals surface area contributed by atoms with Crippen molar-refractivity contribution in [3.8, 4) is 5.75 Å². The summed E-state index contributed by atoms with van der Waals surface area (Å²) in [6, 6.07) is 13.1. The summed E-state index contributed by atoms with van der Waals surface area (Å²) in [5, 5.41) is 11.0. The van der Waals surface area contributed by atoms with Crippen LogP contribution in [0.5, 0.6) is 5.75 Å². The maximum Gasteiger partial charge on any atom is 0.296 e. The van der Waals surface area contributed by atoms with Crippen molar-refractivity contribution >= 4 is 38.4 Å². The van der Waals surface area contributed by atoms with E-state index in [1.54, 1.807) is 37.3 Å². The first kappa shape index (κ1) is 20.9. The Labute approximate surface area is 191 Å². The van der Waals surface area contributed by atoms with Crippen molar-refractivity contribution in [3.63, 3.8) is 0 Å². The SMILES string of the molecule is COc1cccc(C2C(C(=O)c3ccc(C)o3)=C(O)C(=O)N2c2nc3ccc(F)cc3s2)c1. The molecule has 1 aliphatic heterocycles. The van der Waals surface area contributed by atoms with Gasteiger partial charge in [0.15, 0.2) is 16.7 Å². The molecule has 0 aliphatic carbocycles. The zero-order chi connectivity index (χ0) is 23.3. The number of aliphatic hydroxyl groups is 1. The molecule has 5 rings (SSSR count). The Hall–Kier alpha value is -3.98. The number of anilines is 1. The number of halogens is 1. The Morgan fingerprint density at radius 2 is 2.03 bits per heavy atom. The van der Waals surface area contributed by atoms with Crippen LogP contribution in [0.3, 0.4) is 0 Å². The van der Waals surface area contributed by atoms with Gasteiger partial charge in [0.25, 0.3) is 5.91 Å². The Kier molecular flexibility index (Phi) is 4.98. The molecule has 0 saturated carbocycles. The molecule has 0 saturated heterocycles. The predicted molar refractivity (Wildman–Crippen MR) is 120 cm³/mol. The van der Waals surface area contributed by atoms with Crippen LogP contribution in [0.25, 0.3) is 10.2 Å². The number of aromatic nitrogens is 1. The highest BCUT2D eigenvalue weighted by atomic mass is 32.1. The second-order valence-electron chi connectivity index (χ2n) is 7.46. The lowest BCUT2D eigenvalue weighted by molar-refractivity contribution is -0.117. The third-order valence-corrected chi connectivity index (χ3v) is 6.39. The monoisotopic (exact) mass is 464 g/mol. The van der Waals surface area contributed by atoms with Crippen LogP contribution in [-0.2, 0) is 4.79 Å². The van der Waals surface area contributed by atoms with Crippen molar-refractivity contribution in [2.45, 2.75) is 13.0 Å². The number of fused-ring (bicyclic) bond motifs is 1. The molecule has 0 spiro atoms. The largest absolute Gasteiger partial charge is 0.503 e. The normalized spacial score (nSPS) is 16.2. The fourth-order valence-corrected chi connectivity index (χ4v) is 4.86. The van der Waals surface area contributed by atoms with E-state index in [0.29, 0.717) is 27.3 Å². The smallest absolute Gasteiger partial charge is 0.296 e. The Morgan fingerprint density at radius 1 is 1.21 bits per heavy atom. The summed E-state index contributed by atoms with van der Waals surface area (Å²) < 4.78 is 25.0. The van der Waals surface area contributed by atoms with Crippen molar-refractivity contribution in [1.29, 1.82) is 0 Å². The van der Waals surface area contributed by atoms with Crippen LogP contribution in [0.2, 0.25) is 0 Å². The minimum atomic E-state index is -0.990. The van der Waals surface area contributed by atoms with Gasteiger partial charge in [-0.25, -0.2) is 9.37 Å². The molecule has 2 aromatic carbocycles. The molecular formula is C24H17FN2O5S. The number of carbonyl (C=O) groups excluding carboxylic acids is 2. The molecule has 4 aromatic rings. The van der Waals surface area contributed by atoms with Crippen LogP contribution in [0.1, 0.15) is 27.9 Å². The number of ether oxygens (including phenoxy) is 1. The third kappa shape index (κ3) is 3.46. The van der Waals surface area contributed by atoms with E-state index in [4.69, 9.17) is 9.15 Å². The van der Waals surface area contributed by atoms with Gasteiger partial charge in [-0.05, 0) is 55.0 Å². The Morgan fingerprint density at radius 3 is 2.76 bits per heavy atom. The number of hydrogen-bond donors (Lipinski definition) is 1. The zero-order valence-electron chi connectivity index (χ0n) is 17.5. The van der Waals surface area contributed by atoms with Gasteiger partial charge in [0.05, 0.1) is 28.9 Å². The van der Waals surface area contributed by atoms with Crippen molar-refractivity contribution in [2.75, 3.05) is 12.0 Å². The average Bonchev–Trinajstić information content (AvgIpc) is 3.49. The van der Waals surface area contributed by atoms with Gasteiger partial charge in [0, 0.05) is 0 Å². The minimum absolute atomic E-state index is 0.00275. The fraction of sp³-hybridized carbons (Fsp3) is 0.125. The molecule has 1 N–H and O–H groups in total. The number of Topliss-reactive ketones (excluding diaryl/α,β-unsaturated/α-hetero) is 1. The lowest BCUT2D eigenvalue weighted by Gasteiger charge is -2.24. The third-order valence-electron chi connectivity index (χ3n) is 5.37. The van der Waals surface area contributed by atoms with E-state index in [2.05, 4.69) is 4.98 Å². The molecule has 1 amide bonds. The van der Waals surface area contributed by atoms with Gasteiger partial charge in [-0.15, -0.1) is 0 Å². The number of thiazole rings is 1. The van der Waals surface area contributed by atoms with Crippen LogP contribution in [0, 0.1) is 12.7 Å². The zero-order valence-corrected chi connectivity index (χ0v) is 18.4. The molecule has 1 aliphatic rings. The van der Waals surface area contributed by atoms with E-state index in [0.717, 1.165) is 11.3 Å². The second-order valence-corrected chi connectivity index (χ2v) is 8.47. The first-order valence-corrected chi connectivity index (χ1v) is 10.8. The topological polar surface area (TPSA) is 92.9 Å². The summed E-state index contributed by atoms with van der Waals surface area (Å²) in [5.41, 5.74) is 0.895. The van der Waals surface area contributed by atoms with Gasteiger partial charge >= 0.3 is 0 Å². The van der Waals surface area contributed by atoms with E-state index >= 15 is 0 Å². The van der Waals surface area contributed by atoms with Gasteiger partial charge < -0.3 is 14.3 Å². The molecule has 1 atom stereocenters. The Balaban J connectivity index is 1.69. The first-order chi connectivity index (χ1) is 15.9. The molecule has 1 unspecified atom stereocenters. The van der Waals surface area contributed by atoms with Crippen LogP contribution >= 0.6 is 11.3 Å². The standard InChI is InChI=1S/C24H17FN2O5S/c1-12-6-9-17(32-12)21(28)19-20(13-4-3-5-15(10-13)31-2)27(23(30)22(19)29)24-26-16-8-7-14(25)11-18(16)33-24/h3-11,20,29H,1-2H3. The van der Waals surface area contributed by atoms with Crippen LogP contribution < -0.4 is 9.64 Å². The minimum Gasteiger partial charge on any atom is -0.503 e. The molecule has 0 fully saturated rings. The molecule has 166 valence electrons. The molecule has 2 aromatic heterocycles. The van der Waals surface area contributed by atoms with Gasteiger partial charge in [-0.2, -0.15) is 0 Å². The molecule has 3 heterocycles. The number of rotatable bonds is 5. The lowest BCUT2D eigenvalue weighted by atomic mass is 9.95. The summed E-state index contributed by atoms with van der Waals surface area (Å²) in [5.74, 6) is -1.48. The number of methoxy groups -OCH3 is 1. The number of aryl methyl sites for hydroxylation is 1. The summed E-state index contributed by atoms with van der Waals surface area (Å²) in [6.07, 6.45) is 0. The number of benzene rings is 2. The number of nitrogens with zero attached hydrogens (tertiary/aromatic N) is 2. The second kappa shape index (κ2) is 7.86. The molecule has 0 radical (unpaired) electrons. The van der Waals surface area contributed by atoms with E-state index in [1.807, 2.05) is 0 Å². The highest BCUT2D eigenvalue weighted by molar-refractivity contribution is 7.22. The van der Waals surface area contributed by atoms with Gasteiger partial charge in [0.1, 0.15) is 17.3 Å². The maximum atomic E-state index is 13.7. The lowest BCUT2D eigenvalue weighted by Crippen LogP contribution is -2.31. The van der Waals surface area contributed by atoms with Crippen LogP contribution in [0.4, 0.5) is 9.52 Å². The predicted octanol–water partition coefficient (Wildman–Crippen LogP) is 5.13. The summed E-state index contributed by atoms with van der Waals surface area (Å²) in [6.45, 7) is 1.69. The summed E-state index contributed by atoms with van der Waals surface area (Å²) in [4.78, 5) is 32.3. The van der Waals surface area contributed by atoms with E-state index in [9.17, 15) is 19.1 Å². The van der Waals surface area contributed by atoms with Gasteiger partial charge in [0.2, 0.25) is 5.78 Å². The van der Waals surface area contributed by atoms with E-state index in [1.165, 1.54) is 36.3 Å². The number of aliphatic hydroxyl groups excluding tert-OH is 1. The number of carbonyl (C=O) groups is 2. The van der Waals surface area contributed by atoms with E-state index in [-0.39, 0.29) is 16.5 Å². The van der Waals surface area contributed by atoms with Crippen molar-refractivity contribution < 1.29 is 28.2 Å². The average molecular weight is 464 g/mol. The number of ketones is 1. The number of hydrogen-bond acceptors (Lipinski definition) is 7. The van der Waals surface area contributed by atoms with Crippen LogP contribution in [0.15, 0.2) is 70.3 Å². The van der Waals surface area contributed by atoms with Crippen molar-refractivity contribution in [2.24, 2.45) is 0 Å². The fourth-order valence-electron chi connectivity index (χ4n) is 3.84. The van der Waals surface area contributed by atoms with Gasteiger partial charge in [-0.1, -0.05) is 23.5 Å².